The van der Waals surface area contributed by atoms with Crippen LogP contribution in [0.15, 0.2) is 194 Å². The number of carbonyl (C=O) groups is 6. The number of aromatic nitrogens is 2. The number of carboxylic acid groups (broad SMARTS) is 1. The maximum absolute atomic E-state index is 14.8. The number of aliphatic carboxylic acids is 1. The van der Waals surface area contributed by atoms with Crippen LogP contribution in [0.4, 0.5) is 11.4 Å². The Hall–Kier alpha value is -10.9. The molecule has 6 heterocycles. The molecule has 2 aromatic heterocycles. The molecule has 4 saturated carbocycles. The standard InChI is InChI=1S/C44H49N5O7S.C40H42N4O6.C4H9NO2S/c1-43(22-23-43)57(53,54)48-42(52)44-27-30(44)16-10-4-3-5-13-19-35(45-31-17-11-7-12-18-31)41(51)49-28-33(25-38(49)40(50)47-44)56-39-26-36(29-14-8-6-9-15-29)46-37-24-32(55-2)20-21-34(37)39;1-49-29-19-20-31-34(21-29)42-33(26-13-7-5-8-14-26)23-36(31)50-30-22-35-37(45)43-40(39(47)48)24-27(40)15-9-3-2-4-12-18-32(38(46)44(35)25-30)41-28-16-10-6-11-17-28;1-4(2-3-4)8(5,6)7/h6-12,14-18,20-21,24,26,30,33,35,38,45H,3-5,13,19,22-23,25,27-28H2,1-2H3,(H,47,50)(H,48,52);5-11,13-17,19-21,23,27,30,32,35,41H,2-4,12,18,22,24-25H2,1H3,(H,43,45)(H,47,48);2-3H2,1H3,(H2,5,6,7)/b16-10-;15-9-;/t30-,33-,35+,38+,44-;27-,30-,32+,35+,40-;/m11./s1. The number of hydrogen-bond donors (Lipinski definition) is 7. The van der Waals surface area contributed by atoms with Gasteiger partial charge in [-0.05, 0) is 139 Å². The summed E-state index contributed by atoms with van der Waals surface area (Å²) in [6.07, 6.45) is 18.0. The van der Waals surface area contributed by atoms with Gasteiger partial charge >= 0.3 is 5.97 Å². The number of fused-ring (bicyclic) bond motifs is 6. The van der Waals surface area contributed by atoms with Crippen molar-refractivity contribution in [3.63, 3.8) is 0 Å². The van der Waals surface area contributed by atoms with Crippen LogP contribution in [0.1, 0.15) is 129 Å². The first-order valence-corrected chi connectivity index (χ1v) is 42.8. The van der Waals surface area contributed by atoms with Crippen molar-refractivity contribution in [3.8, 4) is 45.5 Å². The van der Waals surface area contributed by atoms with Gasteiger partial charge < -0.3 is 55.1 Å². The van der Waals surface area contributed by atoms with Gasteiger partial charge in [0, 0.05) is 82.2 Å². The molecule has 8 N–H and O–H groups in total. The van der Waals surface area contributed by atoms with Gasteiger partial charge in [-0.2, -0.15) is 0 Å². The smallest absolute Gasteiger partial charge is 0.330 e. The lowest BCUT2D eigenvalue weighted by molar-refractivity contribution is -0.145. The minimum atomic E-state index is -3.96. The number of nitrogens with one attached hydrogen (secondary N) is 5. The summed E-state index contributed by atoms with van der Waals surface area (Å²) in [7, 11) is -3.99. The Bertz CT molecular complexity index is 5230. The predicted molar refractivity (Wildman–Crippen MR) is 440 cm³/mol. The Balaban J connectivity index is 0.000000174. The van der Waals surface area contributed by atoms with Crippen molar-refractivity contribution in [2.24, 2.45) is 17.0 Å². The van der Waals surface area contributed by atoms with Crippen molar-refractivity contribution >= 4 is 88.7 Å². The number of nitrogens with two attached hydrogens (primary N) is 1. The molecule has 604 valence electrons. The molecule has 8 aromatic rings. The Morgan fingerprint density at radius 1 is 0.530 bits per heavy atom. The van der Waals surface area contributed by atoms with Crippen LogP contribution in [0, 0.1) is 11.8 Å². The van der Waals surface area contributed by atoms with Gasteiger partial charge in [0.25, 0.3) is 5.91 Å². The van der Waals surface area contributed by atoms with E-state index in [9.17, 15) is 50.7 Å². The maximum Gasteiger partial charge on any atom is 0.330 e. The van der Waals surface area contributed by atoms with Crippen molar-refractivity contribution in [2.75, 3.05) is 37.9 Å². The molecule has 0 radical (unpaired) electrons. The zero-order valence-corrected chi connectivity index (χ0v) is 66.7. The van der Waals surface area contributed by atoms with E-state index in [1.165, 1.54) is 0 Å². The summed E-state index contributed by atoms with van der Waals surface area (Å²) in [5, 5.41) is 29.3. The zero-order valence-electron chi connectivity index (χ0n) is 65.1. The van der Waals surface area contributed by atoms with Crippen molar-refractivity contribution in [3.05, 3.63) is 194 Å². The molecule has 4 aliphatic carbocycles. The molecule has 5 amide bonds. The molecular weight excluding hydrogens is 1500 g/mol. The van der Waals surface area contributed by atoms with Crippen LogP contribution in [0.3, 0.4) is 0 Å². The van der Waals surface area contributed by atoms with Crippen LogP contribution < -0.4 is 50.1 Å². The molecule has 8 aliphatic rings. The molecule has 6 fully saturated rings. The fourth-order valence-corrected chi connectivity index (χ4v) is 17.7. The number of anilines is 2. The number of carboxylic acids is 1. The number of primary sulfonamides is 1. The number of methoxy groups -OCH3 is 2. The highest BCUT2D eigenvalue weighted by atomic mass is 32.2. The van der Waals surface area contributed by atoms with E-state index in [2.05, 4.69) is 26.0 Å². The average Bonchev–Trinajstić information content (AvgIpc) is 1.57. The SMILES string of the molecule is CC1(S(N)(=O)=O)CC1.COc1ccc2c(O[C@@H]3C[C@H]4C(=O)N[C@]5(C(=O)NS(=O)(=O)C6(C)CC6)C[C@H]5/C=C\CCCCC[C@H](Nc5ccccc5)C(=O)N4C3)cc(-c3ccccc3)nc2c1.COc1ccc2c(O[C@@H]3C[C@H]4C(=O)N[C@]5(C(=O)O)C[C@H]5/C=C\CCCCC[C@H](Nc5ccccc5)C(=O)N4C3)cc(-c3ccccc3)nc2c1. The molecule has 16 rings (SSSR count). The van der Waals surface area contributed by atoms with E-state index in [0.717, 1.165) is 97.5 Å². The van der Waals surface area contributed by atoms with Crippen molar-refractivity contribution < 1.29 is 69.7 Å². The number of rotatable bonds is 17. The fraction of sp³-hybridized carbons (Fsp3) is 0.409. The second-order valence-corrected chi connectivity index (χ2v) is 36.2. The number of sulfonamides is 2. The van der Waals surface area contributed by atoms with E-state index in [1.54, 1.807) is 37.9 Å². The highest BCUT2D eigenvalue weighted by Gasteiger charge is 2.64. The molecule has 0 bridgehead atoms. The maximum atomic E-state index is 14.8. The summed E-state index contributed by atoms with van der Waals surface area (Å²) in [6.45, 7) is 3.56. The van der Waals surface area contributed by atoms with E-state index in [-0.39, 0.29) is 50.1 Å². The summed E-state index contributed by atoms with van der Waals surface area (Å²) < 4.78 is 72.7. The zero-order chi connectivity index (χ0) is 80.9. The minimum Gasteiger partial charge on any atom is -0.497 e. The molecule has 0 spiro atoms. The van der Waals surface area contributed by atoms with Crippen LogP contribution in [-0.4, -0.2) is 161 Å². The van der Waals surface area contributed by atoms with E-state index in [4.69, 9.17) is 34.1 Å². The lowest BCUT2D eigenvalue weighted by Crippen LogP contribution is -2.58. The summed E-state index contributed by atoms with van der Waals surface area (Å²) in [4.78, 5) is 97.5. The van der Waals surface area contributed by atoms with E-state index >= 15 is 0 Å². The van der Waals surface area contributed by atoms with Crippen molar-refractivity contribution in [2.45, 2.75) is 186 Å². The van der Waals surface area contributed by atoms with Crippen LogP contribution in [0.2, 0.25) is 0 Å². The number of ether oxygens (including phenoxy) is 4. The van der Waals surface area contributed by atoms with Crippen LogP contribution >= 0.6 is 0 Å². The topological polar surface area (TPSA) is 346 Å². The summed E-state index contributed by atoms with van der Waals surface area (Å²) in [6, 6.07) is 50.5. The fourth-order valence-electron chi connectivity index (χ4n) is 15.7. The molecule has 25 nitrogen and oxygen atoms in total. The van der Waals surface area contributed by atoms with E-state index in [1.807, 2.05) is 194 Å². The first-order valence-electron chi connectivity index (χ1n) is 39.7. The number of amides is 5. The number of benzene rings is 6. The summed E-state index contributed by atoms with van der Waals surface area (Å²) in [5.74, 6) is -1.55. The number of carbonyl (C=O) groups excluding carboxylic acids is 5. The van der Waals surface area contributed by atoms with Gasteiger partial charge in [-0.3, -0.25) is 28.7 Å². The number of nitrogens with zero attached hydrogens (tertiary/aromatic N) is 4. The molecule has 0 unspecified atom stereocenters. The first kappa shape index (κ1) is 80.7. The van der Waals surface area contributed by atoms with Gasteiger partial charge in [-0.25, -0.2) is 36.7 Å². The van der Waals surface area contributed by atoms with Gasteiger partial charge in [0.1, 0.15) is 70.5 Å². The quantitative estimate of drug-likeness (QED) is 0.0416. The minimum absolute atomic E-state index is 0.111. The van der Waals surface area contributed by atoms with Crippen LogP contribution in [0.5, 0.6) is 23.0 Å². The highest BCUT2D eigenvalue weighted by Crippen LogP contribution is 2.49. The van der Waals surface area contributed by atoms with E-state index in [0.29, 0.717) is 77.5 Å². The molecule has 10 atom stereocenters. The summed E-state index contributed by atoms with van der Waals surface area (Å²) in [5.41, 5.74) is 3.32. The molecule has 27 heteroatoms. The van der Waals surface area contributed by atoms with Crippen LogP contribution in [-0.2, 0) is 48.8 Å². The molecule has 115 heavy (non-hydrogen) atoms. The van der Waals surface area contributed by atoms with Crippen LogP contribution in [0.25, 0.3) is 44.3 Å². The number of hydrogen-bond acceptors (Lipinski definition) is 18. The second kappa shape index (κ2) is 33.9. The van der Waals surface area contributed by atoms with Gasteiger partial charge in [0.2, 0.25) is 43.7 Å². The Morgan fingerprint density at radius 3 is 1.34 bits per heavy atom. The normalized spacial score (nSPS) is 26.2. The molecule has 4 aliphatic heterocycles. The third-order valence-electron chi connectivity index (χ3n) is 23.7. The first-order chi connectivity index (χ1) is 55.3. The second-order valence-electron chi connectivity index (χ2n) is 32.0. The third-order valence-corrected chi connectivity index (χ3v) is 27.6. The van der Waals surface area contributed by atoms with Gasteiger partial charge in [0.05, 0.1) is 59.2 Å². The average molecular weight is 1600 g/mol. The number of para-hydroxylation sites is 2. The molecular formula is C88H100N10O15S2. The van der Waals surface area contributed by atoms with Gasteiger partial charge in [-0.1, -0.05) is 147 Å². The van der Waals surface area contributed by atoms with Gasteiger partial charge in [0.15, 0.2) is 0 Å². The highest BCUT2D eigenvalue weighted by molar-refractivity contribution is 7.91. The monoisotopic (exact) mass is 1600 g/mol. The Morgan fingerprint density at radius 2 is 0.939 bits per heavy atom. The van der Waals surface area contributed by atoms with Crippen molar-refractivity contribution in [1.29, 1.82) is 0 Å². The largest absolute Gasteiger partial charge is 0.497 e. The predicted octanol–water partition coefficient (Wildman–Crippen LogP) is 12.2. The third kappa shape index (κ3) is 18.3. The number of allylic oxidation sites excluding steroid dienone is 2. The lowest BCUT2D eigenvalue weighted by atomic mass is 10.0. The molecule has 2 saturated heterocycles. The molecule has 6 aromatic carbocycles. The van der Waals surface area contributed by atoms with Gasteiger partial charge in [-0.15, -0.1) is 0 Å². The number of pyridine rings is 2. The summed E-state index contributed by atoms with van der Waals surface area (Å²) >= 11 is 0. The Kier molecular flexibility index (Phi) is 23.8. The van der Waals surface area contributed by atoms with Crippen molar-refractivity contribution in [1.82, 2.24) is 35.1 Å². The van der Waals surface area contributed by atoms with E-state index < -0.39 is 107 Å². The Labute approximate surface area is 670 Å². The lowest BCUT2D eigenvalue weighted by Gasteiger charge is -2.30.